The lowest BCUT2D eigenvalue weighted by atomic mass is 9.68. The summed E-state index contributed by atoms with van der Waals surface area (Å²) < 4.78 is 0. The molecule has 0 aromatic carbocycles. The fraction of sp³-hybridized carbons (Fsp3) is 0.957. The number of carbonyl (C=O) groups is 1. The third kappa shape index (κ3) is 5.88. The van der Waals surface area contributed by atoms with Crippen LogP contribution in [-0.4, -0.2) is 5.78 Å². The van der Waals surface area contributed by atoms with Crippen LogP contribution in [0.5, 0.6) is 0 Å². The molecule has 2 rings (SSSR count). The molecule has 2 aliphatic rings. The second kappa shape index (κ2) is 7.92. The molecule has 24 heavy (non-hydrogen) atoms. The molecule has 0 unspecified atom stereocenters. The predicted molar refractivity (Wildman–Crippen MR) is 104 cm³/mol. The Labute approximate surface area is 151 Å². The van der Waals surface area contributed by atoms with Gasteiger partial charge in [0.1, 0.15) is 5.78 Å². The summed E-state index contributed by atoms with van der Waals surface area (Å²) in [6.07, 6.45) is 12.2. The normalized spacial score (nSPS) is 32.6. The molecule has 1 heteroatoms. The quantitative estimate of drug-likeness (QED) is 0.538. The third-order valence-corrected chi connectivity index (χ3v) is 7.18. The van der Waals surface area contributed by atoms with Crippen molar-refractivity contribution in [2.45, 2.75) is 106 Å². The van der Waals surface area contributed by atoms with Crippen LogP contribution in [0, 0.1) is 34.5 Å². The zero-order valence-electron chi connectivity index (χ0n) is 17.3. The lowest BCUT2D eigenvalue weighted by molar-refractivity contribution is -0.121. The maximum Gasteiger partial charge on any atom is 0.133 e. The van der Waals surface area contributed by atoms with Gasteiger partial charge in [-0.3, -0.25) is 4.79 Å². The van der Waals surface area contributed by atoms with Crippen LogP contribution in [0.3, 0.4) is 0 Å². The number of hydrogen-bond donors (Lipinski definition) is 0. The van der Waals surface area contributed by atoms with E-state index in [1.165, 1.54) is 51.4 Å². The molecule has 0 amide bonds. The van der Waals surface area contributed by atoms with Gasteiger partial charge in [0.25, 0.3) is 0 Å². The van der Waals surface area contributed by atoms with Crippen LogP contribution in [-0.2, 0) is 4.79 Å². The molecular weight excluding hydrogens is 292 g/mol. The van der Waals surface area contributed by atoms with Crippen molar-refractivity contribution in [1.82, 2.24) is 0 Å². The van der Waals surface area contributed by atoms with Crippen LogP contribution in [0.4, 0.5) is 0 Å². The van der Waals surface area contributed by atoms with Gasteiger partial charge in [-0.1, -0.05) is 41.5 Å². The maximum atomic E-state index is 12.5. The molecule has 0 aromatic heterocycles. The Morgan fingerprint density at radius 2 is 0.917 bits per heavy atom. The van der Waals surface area contributed by atoms with E-state index in [0.29, 0.717) is 28.4 Å². The number of carbonyl (C=O) groups excluding carboxylic acids is 1. The molecular formula is C23H42O. The average Bonchev–Trinajstić information content (AvgIpc) is 2.46. The van der Waals surface area contributed by atoms with Gasteiger partial charge in [-0.05, 0) is 85.9 Å². The van der Waals surface area contributed by atoms with Gasteiger partial charge in [0.15, 0.2) is 0 Å². The largest absolute Gasteiger partial charge is 0.300 e. The minimum absolute atomic E-state index is 0.445. The highest BCUT2D eigenvalue weighted by Crippen LogP contribution is 2.42. The van der Waals surface area contributed by atoms with Crippen molar-refractivity contribution in [1.29, 1.82) is 0 Å². The molecule has 2 aliphatic carbocycles. The van der Waals surface area contributed by atoms with Crippen molar-refractivity contribution in [3.05, 3.63) is 0 Å². The van der Waals surface area contributed by atoms with Gasteiger partial charge in [0.2, 0.25) is 0 Å². The van der Waals surface area contributed by atoms with Gasteiger partial charge in [0.05, 0.1) is 0 Å². The molecule has 2 saturated carbocycles. The predicted octanol–water partition coefficient (Wildman–Crippen LogP) is 7.04. The lowest BCUT2D eigenvalue weighted by Crippen LogP contribution is -2.28. The van der Waals surface area contributed by atoms with Gasteiger partial charge in [-0.25, -0.2) is 0 Å². The van der Waals surface area contributed by atoms with Crippen LogP contribution in [0.15, 0.2) is 0 Å². The molecule has 0 saturated heterocycles. The Balaban J connectivity index is 1.68. The van der Waals surface area contributed by atoms with E-state index >= 15 is 0 Å². The van der Waals surface area contributed by atoms with Crippen LogP contribution >= 0.6 is 0 Å². The molecule has 0 heterocycles. The van der Waals surface area contributed by atoms with Gasteiger partial charge in [-0.2, -0.15) is 0 Å². The first kappa shape index (κ1) is 20.0. The highest BCUT2D eigenvalue weighted by molar-refractivity contribution is 5.78. The summed E-state index contributed by atoms with van der Waals surface area (Å²) in [7, 11) is 0. The van der Waals surface area contributed by atoms with Gasteiger partial charge in [0, 0.05) is 12.8 Å². The summed E-state index contributed by atoms with van der Waals surface area (Å²) >= 11 is 0. The smallest absolute Gasteiger partial charge is 0.133 e. The van der Waals surface area contributed by atoms with E-state index in [4.69, 9.17) is 0 Å². The number of hydrogen-bond acceptors (Lipinski definition) is 1. The van der Waals surface area contributed by atoms with Crippen LogP contribution in [0.2, 0.25) is 0 Å². The molecule has 1 nitrogen and oxygen atoms in total. The van der Waals surface area contributed by atoms with Crippen molar-refractivity contribution < 1.29 is 4.79 Å². The van der Waals surface area contributed by atoms with Gasteiger partial charge >= 0.3 is 0 Å². The Hall–Kier alpha value is -0.330. The minimum atomic E-state index is 0.445. The molecule has 0 bridgehead atoms. The van der Waals surface area contributed by atoms with E-state index in [9.17, 15) is 4.79 Å². The number of ketones is 1. The van der Waals surface area contributed by atoms with Crippen molar-refractivity contribution in [2.24, 2.45) is 34.5 Å². The van der Waals surface area contributed by atoms with E-state index in [0.717, 1.165) is 24.7 Å². The average molecular weight is 335 g/mol. The Morgan fingerprint density at radius 1 is 0.625 bits per heavy atom. The first-order chi connectivity index (χ1) is 11.1. The topological polar surface area (TPSA) is 17.1 Å². The molecule has 0 N–H and O–H groups in total. The van der Waals surface area contributed by atoms with Gasteiger partial charge < -0.3 is 0 Å². The lowest BCUT2D eigenvalue weighted by Gasteiger charge is -2.37. The summed E-state index contributed by atoms with van der Waals surface area (Å²) in [5.41, 5.74) is 0.890. The SMILES string of the molecule is CC(C)(C)C1CCC(CC(=O)CC2CCC(C(C)(C)C)CC2)CC1. The van der Waals surface area contributed by atoms with E-state index in [-0.39, 0.29) is 0 Å². The molecule has 0 aliphatic heterocycles. The molecule has 0 atom stereocenters. The summed E-state index contributed by atoms with van der Waals surface area (Å²) in [5.74, 6) is 3.64. The van der Waals surface area contributed by atoms with Crippen molar-refractivity contribution in [3.63, 3.8) is 0 Å². The monoisotopic (exact) mass is 334 g/mol. The fourth-order valence-corrected chi connectivity index (χ4v) is 5.19. The second-order valence-corrected chi connectivity index (χ2v) is 11.1. The summed E-state index contributed by atoms with van der Waals surface area (Å²) in [4.78, 5) is 12.5. The third-order valence-electron chi connectivity index (χ3n) is 7.18. The summed E-state index contributed by atoms with van der Waals surface area (Å²) in [5, 5.41) is 0. The fourth-order valence-electron chi connectivity index (χ4n) is 5.19. The van der Waals surface area contributed by atoms with Crippen LogP contribution < -0.4 is 0 Å². The summed E-state index contributed by atoms with van der Waals surface area (Å²) in [6.45, 7) is 14.2. The Morgan fingerprint density at radius 3 is 1.17 bits per heavy atom. The van der Waals surface area contributed by atoms with Crippen molar-refractivity contribution in [3.8, 4) is 0 Å². The zero-order chi connectivity index (χ0) is 18.0. The standard InChI is InChI=1S/C23H42O/c1-22(2,3)19-11-7-17(8-12-19)15-21(24)16-18-9-13-20(14-10-18)23(4,5)6/h17-20H,7-16H2,1-6H3. The molecule has 0 spiro atoms. The molecule has 0 radical (unpaired) electrons. The van der Waals surface area contributed by atoms with Crippen molar-refractivity contribution >= 4 is 5.78 Å². The molecule has 0 aromatic rings. The zero-order valence-corrected chi connectivity index (χ0v) is 17.3. The van der Waals surface area contributed by atoms with Crippen molar-refractivity contribution in [2.75, 3.05) is 0 Å². The highest BCUT2D eigenvalue weighted by atomic mass is 16.1. The molecule has 140 valence electrons. The van der Waals surface area contributed by atoms with E-state index in [1.54, 1.807) is 0 Å². The Kier molecular flexibility index (Phi) is 6.59. The van der Waals surface area contributed by atoms with E-state index < -0.39 is 0 Å². The first-order valence-electron chi connectivity index (χ1n) is 10.6. The van der Waals surface area contributed by atoms with E-state index in [2.05, 4.69) is 41.5 Å². The van der Waals surface area contributed by atoms with E-state index in [1.807, 2.05) is 0 Å². The van der Waals surface area contributed by atoms with Crippen LogP contribution in [0.25, 0.3) is 0 Å². The Bertz CT molecular complexity index is 355. The van der Waals surface area contributed by atoms with Crippen LogP contribution in [0.1, 0.15) is 106 Å². The summed E-state index contributed by atoms with van der Waals surface area (Å²) in [6, 6.07) is 0. The maximum absolute atomic E-state index is 12.5. The number of Topliss-reactive ketones (excluding diaryl/α,β-unsaturated/α-hetero) is 1. The molecule has 2 fully saturated rings. The van der Waals surface area contributed by atoms with Gasteiger partial charge in [-0.15, -0.1) is 0 Å². The second-order valence-electron chi connectivity index (χ2n) is 11.1. The highest BCUT2D eigenvalue weighted by Gasteiger charge is 2.32. The first-order valence-corrected chi connectivity index (χ1v) is 10.6. The number of rotatable bonds is 4. The minimum Gasteiger partial charge on any atom is -0.300 e.